The Morgan fingerprint density at radius 2 is 1.81 bits per heavy atom. The SMILES string of the molecule is CC(=O)c1cccc(NC(=O)COC(=O)[C@@H](C)Oc2ccc(F)cc2)c1. The van der Waals surface area contributed by atoms with Crippen LogP contribution in [0.15, 0.2) is 48.5 Å². The second-order valence-electron chi connectivity index (χ2n) is 5.51. The van der Waals surface area contributed by atoms with Crippen molar-refractivity contribution in [1.82, 2.24) is 0 Å². The molecule has 0 spiro atoms. The number of hydrogen-bond acceptors (Lipinski definition) is 5. The number of ether oxygens (including phenoxy) is 2. The summed E-state index contributed by atoms with van der Waals surface area (Å²) >= 11 is 0. The van der Waals surface area contributed by atoms with Crippen LogP contribution in [0.4, 0.5) is 10.1 Å². The van der Waals surface area contributed by atoms with Gasteiger partial charge in [0.1, 0.15) is 11.6 Å². The Morgan fingerprint density at radius 1 is 1.12 bits per heavy atom. The van der Waals surface area contributed by atoms with E-state index in [9.17, 15) is 18.8 Å². The fourth-order valence-electron chi connectivity index (χ4n) is 2.03. The lowest BCUT2D eigenvalue weighted by atomic mass is 10.1. The lowest BCUT2D eigenvalue weighted by Gasteiger charge is -2.14. The van der Waals surface area contributed by atoms with Gasteiger partial charge in [0, 0.05) is 11.3 Å². The first-order chi connectivity index (χ1) is 12.3. The zero-order valence-corrected chi connectivity index (χ0v) is 14.3. The fourth-order valence-corrected chi connectivity index (χ4v) is 2.03. The van der Waals surface area contributed by atoms with Crippen molar-refractivity contribution in [3.63, 3.8) is 0 Å². The average Bonchev–Trinajstić information content (AvgIpc) is 2.61. The summed E-state index contributed by atoms with van der Waals surface area (Å²) in [5, 5.41) is 2.54. The van der Waals surface area contributed by atoms with E-state index in [2.05, 4.69) is 5.32 Å². The number of amides is 1. The van der Waals surface area contributed by atoms with Crippen molar-refractivity contribution in [3.05, 3.63) is 59.9 Å². The van der Waals surface area contributed by atoms with Crippen LogP contribution in [0.25, 0.3) is 0 Å². The molecule has 2 rings (SSSR count). The van der Waals surface area contributed by atoms with Crippen LogP contribution >= 0.6 is 0 Å². The molecule has 1 N–H and O–H groups in total. The van der Waals surface area contributed by atoms with Gasteiger partial charge >= 0.3 is 5.97 Å². The first kappa shape index (κ1) is 19.1. The predicted octanol–water partition coefficient (Wildman–Crippen LogP) is 2.98. The highest BCUT2D eigenvalue weighted by Crippen LogP contribution is 2.14. The number of benzene rings is 2. The van der Waals surface area contributed by atoms with Crippen LogP contribution in [-0.2, 0) is 14.3 Å². The van der Waals surface area contributed by atoms with E-state index in [0.29, 0.717) is 17.0 Å². The zero-order chi connectivity index (χ0) is 19.1. The molecule has 0 saturated carbocycles. The Hall–Kier alpha value is -3.22. The van der Waals surface area contributed by atoms with E-state index in [1.54, 1.807) is 18.2 Å². The molecule has 7 heteroatoms. The summed E-state index contributed by atoms with van der Waals surface area (Å²) in [5.74, 6) is -1.52. The highest BCUT2D eigenvalue weighted by Gasteiger charge is 2.18. The zero-order valence-electron chi connectivity index (χ0n) is 14.3. The molecule has 0 aromatic heterocycles. The van der Waals surface area contributed by atoms with Gasteiger partial charge < -0.3 is 14.8 Å². The Labute approximate surface area is 149 Å². The Kier molecular flexibility index (Phi) is 6.43. The second kappa shape index (κ2) is 8.75. The number of hydrogen-bond donors (Lipinski definition) is 1. The van der Waals surface area contributed by atoms with Crippen LogP contribution in [0.3, 0.4) is 0 Å². The summed E-state index contributed by atoms with van der Waals surface area (Å²) < 4.78 is 23.0. The highest BCUT2D eigenvalue weighted by molar-refractivity contribution is 5.97. The monoisotopic (exact) mass is 359 g/mol. The quantitative estimate of drug-likeness (QED) is 0.607. The summed E-state index contributed by atoms with van der Waals surface area (Å²) in [7, 11) is 0. The van der Waals surface area contributed by atoms with Crippen LogP contribution in [0.5, 0.6) is 5.75 Å². The van der Waals surface area contributed by atoms with Gasteiger partial charge in [0.2, 0.25) is 0 Å². The first-order valence-corrected chi connectivity index (χ1v) is 7.85. The number of ketones is 1. The topological polar surface area (TPSA) is 81.7 Å². The van der Waals surface area contributed by atoms with Gasteiger partial charge in [-0.05, 0) is 50.2 Å². The van der Waals surface area contributed by atoms with Gasteiger partial charge in [-0.25, -0.2) is 9.18 Å². The van der Waals surface area contributed by atoms with Crippen LogP contribution in [0.2, 0.25) is 0 Å². The molecule has 0 fully saturated rings. The molecule has 1 amide bonds. The van der Waals surface area contributed by atoms with E-state index in [1.165, 1.54) is 44.2 Å². The molecule has 0 bridgehead atoms. The van der Waals surface area contributed by atoms with Gasteiger partial charge in [-0.15, -0.1) is 0 Å². The van der Waals surface area contributed by atoms with Crippen molar-refractivity contribution >= 4 is 23.3 Å². The molecule has 0 unspecified atom stereocenters. The second-order valence-corrected chi connectivity index (χ2v) is 5.51. The van der Waals surface area contributed by atoms with E-state index in [1.807, 2.05) is 0 Å². The lowest BCUT2D eigenvalue weighted by Crippen LogP contribution is -2.29. The Morgan fingerprint density at radius 3 is 2.46 bits per heavy atom. The Bertz CT molecular complexity index is 804. The number of Topliss-reactive ketones (excluding diaryl/α,β-unsaturated/α-hetero) is 1. The molecule has 0 radical (unpaired) electrons. The number of esters is 1. The molecule has 0 heterocycles. The van der Waals surface area contributed by atoms with Crippen molar-refractivity contribution < 1.29 is 28.2 Å². The van der Waals surface area contributed by atoms with Gasteiger partial charge in [-0.2, -0.15) is 0 Å². The summed E-state index contributed by atoms with van der Waals surface area (Å²) in [4.78, 5) is 35.1. The van der Waals surface area contributed by atoms with Gasteiger partial charge in [0.25, 0.3) is 5.91 Å². The Balaban J connectivity index is 1.82. The number of rotatable bonds is 7. The molecule has 136 valence electrons. The maximum absolute atomic E-state index is 12.8. The lowest BCUT2D eigenvalue weighted by molar-refractivity contribution is -0.153. The van der Waals surface area contributed by atoms with E-state index < -0.39 is 30.4 Å². The van der Waals surface area contributed by atoms with Gasteiger partial charge in [0.05, 0.1) is 0 Å². The summed E-state index contributed by atoms with van der Waals surface area (Å²) in [6, 6.07) is 11.6. The summed E-state index contributed by atoms with van der Waals surface area (Å²) in [6.45, 7) is 2.38. The van der Waals surface area contributed by atoms with E-state index in [0.717, 1.165) is 0 Å². The number of nitrogens with one attached hydrogen (secondary N) is 1. The number of halogens is 1. The van der Waals surface area contributed by atoms with Gasteiger partial charge in [-0.3, -0.25) is 9.59 Å². The number of carbonyl (C=O) groups is 3. The normalized spacial score (nSPS) is 11.3. The van der Waals surface area contributed by atoms with Crippen molar-refractivity contribution in [2.24, 2.45) is 0 Å². The minimum absolute atomic E-state index is 0.126. The number of carbonyl (C=O) groups excluding carboxylic acids is 3. The third-order valence-electron chi connectivity index (χ3n) is 3.36. The van der Waals surface area contributed by atoms with E-state index in [-0.39, 0.29) is 5.78 Å². The third kappa shape index (κ3) is 5.70. The van der Waals surface area contributed by atoms with Crippen LogP contribution in [0.1, 0.15) is 24.2 Å². The van der Waals surface area contributed by atoms with Crippen LogP contribution in [0, 0.1) is 5.82 Å². The standard InChI is InChI=1S/C19H18FNO5/c1-12(22)14-4-3-5-16(10-14)21-18(23)11-25-19(24)13(2)26-17-8-6-15(20)7-9-17/h3-10,13H,11H2,1-2H3,(H,21,23)/t13-/m1/s1. The smallest absolute Gasteiger partial charge is 0.347 e. The van der Waals surface area contributed by atoms with E-state index >= 15 is 0 Å². The van der Waals surface area contributed by atoms with Gasteiger partial charge in [-0.1, -0.05) is 12.1 Å². The third-order valence-corrected chi connectivity index (χ3v) is 3.36. The summed E-state index contributed by atoms with van der Waals surface area (Å²) in [6.07, 6.45) is -0.964. The molecule has 0 aliphatic heterocycles. The van der Waals surface area contributed by atoms with Crippen molar-refractivity contribution in [2.75, 3.05) is 11.9 Å². The molecular formula is C19H18FNO5. The molecule has 0 saturated heterocycles. The molecule has 26 heavy (non-hydrogen) atoms. The molecule has 2 aromatic rings. The predicted molar refractivity (Wildman–Crippen MR) is 92.5 cm³/mol. The first-order valence-electron chi connectivity index (χ1n) is 7.85. The number of anilines is 1. The maximum atomic E-state index is 12.8. The van der Waals surface area contributed by atoms with Gasteiger partial charge in [0.15, 0.2) is 18.5 Å². The molecule has 2 aromatic carbocycles. The fraction of sp³-hybridized carbons (Fsp3) is 0.211. The highest BCUT2D eigenvalue weighted by atomic mass is 19.1. The van der Waals surface area contributed by atoms with Crippen molar-refractivity contribution in [2.45, 2.75) is 20.0 Å². The van der Waals surface area contributed by atoms with Crippen molar-refractivity contribution in [3.8, 4) is 5.75 Å². The summed E-state index contributed by atoms with van der Waals surface area (Å²) in [5.41, 5.74) is 0.885. The van der Waals surface area contributed by atoms with Crippen molar-refractivity contribution in [1.29, 1.82) is 0 Å². The van der Waals surface area contributed by atoms with E-state index in [4.69, 9.17) is 9.47 Å². The largest absolute Gasteiger partial charge is 0.479 e. The average molecular weight is 359 g/mol. The molecule has 6 nitrogen and oxygen atoms in total. The van der Waals surface area contributed by atoms with Crippen LogP contribution in [-0.4, -0.2) is 30.4 Å². The molecule has 0 aliphatic rings. The minimum atomic E-state index is -0.964. The minimum Gasteiger partial charge on any atom is -0.479 e. The maximum Gasteiger partial charge on any atom is 0.347 e. The van der Waals surface area contributed by atoms with Crippen LogP contribution < -0.4 is 10.1 Å². The molecule has 0 aliphatic carbocycles. The molecular weight excluding hydrogens is 341 g/mol. The molecule has 1 atom stereocenters.